The van der Waals surface area contributed by atoms with E-state index < -0.39 is 6.10 Å². The Balaban J connectivity index is 2.13. The molecule has 2 aromatic heterocycles. The van der Waals surface area contributed by atoms with E-state index in [0.717, 1.165) is 11.0 Å². The van der Waals surface area contributed by atoms with Gasteiger partial charge in [-0.3, -0.25) is 4.68 Å². The van der Waals surface area contributed by atoms with Gasteiger partial charge in [-0.1, -0.05) is 0 Å². The maximum atomic E-state index is 9.54. The molecule has 92 valence electrons. The standard InChI is InChI=1S/C10H15N5O2/c1-15-10-8(4-14-15)9(12-6-13-10)11-3-7(16)5-17-2/h4,6-7,16H,3,5H2,1-2H3,(H,11,12,13). The monoisotopic (exact) mass is 237 g/mol. The first kappa shape index (κ1) is 11.7. The van der Waals surface area contributed by atoms with Gasteiger partial charge in [-0.2, -0.15) is 5.10 Å². The van der Waals surface area contributed by atoms with Crippen LogP contribution in [-0.2, 0) is 11.8 Å². The smallest absolute Gasteiger partial charge is 0.163 e. The number of nitrogens with one attached hydrogen (secondary N) is 1. The Morgan fingerprint density at radius 1 is 1.53 bits per heavy atom. The number of nitrogens with zero attached hydrogens (tertiary/aromatic N) is 4. The van der Waals surface area contributed by atoms with Crippen LogP contribution in [0, 0.1) is 0 Å². The maximum absolute atomic E-state index is 9.54. The molecule has 0 aliphatic heterocycles. The number of aliphatic hydroxyl groups is 1. The number of hydrogen-bond acceptors (Lipinski definition) is 6. The summed E-state index contributed by atoms with van der Waals surface area (Å²) in [4.78, 5) is 8.25. The molecule has 0 amide bonds. The Kier molecular flexibility index (Phi) is 3.50. The van der Waals surface area contributed by atoms with Crippen molar-refractivity contribution in [2.24, 2.45) is 7.05 Å². The molecule has 7 nitrogen and oxygen atoms in total. The van der Waals surface area contributed by atoms with Crippen LogP contribution in [0.2, 0.25) is 0 Å². The van der Waals surface area contributed by atoms with Crippen LogP contribution in [0.5, 0.6) is 0 Å². The highest BCUT2D eigenvalue weighted by Gasteiger charge is 2.09. The third-order valence-corrected chi connectivity index (χ3v) is 2.39. The second kappa shape index (κ2) is 5.07. The van der Waals surface area contributed by atoms with E-state index in [1.165, 1.54) is 6.33 Å². The molecule has 2 heterocycles. The summed E-state index contributed by atoms with van der Waals surface area (Å²) in [6.45, 7) is 0.656. The van der Waals surface area contributed by atoms with E-state index in [0.29, 0.717) is 12.4 Å². The highest BCUT2D eigenvalue weighted by Crippen LogP contribution is 2.17. The van der Waals surface area contributed by atoms with E-state index in [-0.39, 0.29) is 6.61 Å². The van der Waals surface area contributed by atoms with Gasteiger partial charge in [0, 0.05) is 20.7 Å². The van der Waals surface area contributed by atoms with Gasteiger partial charge in [0.2, 0.25) is 0 Å². The molecule has 1 atom stereocenters. The van der Waals surface area contributed by atoms with Crippen molar-refractivity contribution in [1.29, 1.82) is 0 Å². The molecule has 0 aromatic carbocycles. The van der Waals surface area contributed by atoms with Crippen molar-refractivity contribution in [3.63, 3.8) is 0 Å². The number of aromatic nitrogens is 4. The SMILES string of the molecule is COCC(O)CNc1ncnc2c1cnn2C. The summed E-state index contributed by atoms with van der Waals surface area (Å²) >= 11 is 0. The molecule has 7 heteroatoms. The average Bonchev–Trinajstić information content (AvgIpc) is 2.70. The second-order valence-corrected chi connectivity index (χ2v) is 3.72. The van der Waals surface area contributed by atoms with Crippen molar-refractivity contribution >= 4 is 16.9 Å². The largest absolute Gasteiger partial charge is 0.389 e. The van der Waals surface area contributed by atoms with Crippen molar-refractivity contribution < 1.29 is 9.84 Å². The number of aryl methyl sites for hydroxylation is 1. The average molecular weight is 237 g/mol. The molecule has 0 bridgehead atoms. The van der Waals surface area contributed by atoms with Crippen LogP contribution in [0.25, 0.3) is 11.0 Å². The molecule has 17 heavy (non-hydrogen) atoms. The molecular formula is C10H15N5O2. The number of hydrogen-bond donors (Lipinski definition) is 2. The zero-order valence-corrected chi connectivity index (χ0v) is 9.79. The van der Waals surface area contributed by atoms with Crippen molar-refractivity contribution in [3.05, 3.63) is 12.5 Å². The first-order valence-corrected chi connectivity index (χ1v) is 5.26. The zero-order valence-electron chi connectivity index (χ0n) is 9.79. The van der Waals surface area contributed by atoms with Crippen molar-refractivity contribution in [2.45, 2.75) is 6.10 Å². The van der Waals surface area contributed by atoms with Crippen LogP contribution in [-0.4, -0.2) is 51.2 Å². The topological polar surface area (TPSA) is 85.1 Å². The van der Waals surface area contributed by atoms with Gasteiger partial charge in [0.1, 0.15) is 12.1 Å². The highest BCUT2D eigenvalue weighted by atomic mass is 16.5. The van der Waals surface area contributed by atoms with Crippen LogP contribution in [0.1, 0.15) is 0 Å². The molecule has 2 aromatic rings. The fourth-order valence-electron chi connectivity index (χ4n) is 1.57. The summed E-state index contributed by atoms with van der Waals surface area (Å²) in [5, 5.41) is 17.5. The number of aliphatic hydroxyl groups excluding tert-OH is 1. The summed E-state index contributed by atoms with van der Waals surface area (Å²) in [5.74, 6) is 0.665. The predicted molar refractivity (Wildman–Crippen MR) is 62.7 cm³/mol. The normalized spacial score (nSPS) is 12.9. The summed E-state index contributed by atoms with van der Waals surface area (Å²) < 4.78 is 6.52. The molecule has 0 radical (unpaired) electrons. The van der Waals surface area contributed by atoms with Gasteiger partial charge >= 0.3 is 0 Å². The molecule has 0 saturated heterocycles. The molecule has 0 aliphatic rings. The van der Waals surface area contributed by atoms with Crippen molar-refractivity contribution in [1.82, 2.24) is 19.7 Å². The molecular weight excluding hydrogens is 222 g/mol. The summed E-state index contributed by atoms with van der Waals surface area (Å²) in [6.07, 6.45) is 2.59. The van der Waals surface area contributed by atoms with Crippen LogP contribution in [0.15, 0.2) is 12.5 Å². The van der Waals surface area contributed by atoms with Crippen molar-refractivity contribution in [3.8, 4) is 0 Å². The lowest BCUT2D eigenvalue weighted by atomic mass is 10.3. The van der Waals surface area contributed by atoms with E-state index in [2.05, 4.69) is 20.4 Å². The quantitative estimate of drug-likeness (QED) is 0.748. The Hall–Kier alpha value is -1.73. The van der Waals surface area contributed by atoms with Crippen LogP contribution in [0.3, 0.4) is 0 Å². The Bertz CT molecular complexity index is 498. The lowest BCUT2D eigenvalue weighted by Gasteiger charge is -2.11. The molecule has 2 N–H and O–H groups in total. The van der Waals surface area contributed by atoms with Gasteiger partial charge < -0.3 is 15.2 Å². The number of ether oxygens (including phenoxy) is 1. The van der Waals surface area contributed by atoms with E-state index in [9.17, 15) is 5.11 Å². The minimum absolute atomic E-state index is 0.286. The third kappa shape index (κ3) is 2.51. The zero-order chi connectivity index (χ0) is 12.3. The molecule has 0 fully saturated rings. The Morgan fingerprint density at radius 2 is 2.35 bits per heavy atom. The minimum atomic E-state index is -0.568. The molecule has 2 rings (SSSR count). The van der Waals surface area contributed by atoms with Gasteiger partial charge in [0.25, 0.3) is 0 Å². The predicted octanol–water partition coefficient (Wildman–Crippen LogP) is -0.218. The number of methoxy groups -OCH3 is 1. The minimum Gasteiger partial charge on any atom is -0.389 e. The van der Waals surface area contributed by atoms with Gasteiger partial charge in [-0.15, -0.1) is 0 Å². The van der Waals surface area contributed by atoms with E-state index in [1.54, 1.807) is 18.0 Å². The summed E-state index contributed by atoms with van der Waals surface area (Å²) in [7, 11) is 3.37. The number of rotatable bonds is 5. The first-order chi connectivity index (χ1) is 8.22. The fourth-order valence-corrected chi connectivity index (χ4v) is 1.57. The Labute approximate surface area is 98.4 Å². The first-order valence-electron chi connectivity index (χ1n) is 5.26. The van der Waals surface area contributed by atoms with E-state index in [4.69, 9.17) is 4.74 Å². The third-order valence-electron chi connectivity index (χ3n) is 2.39. The van der Waals surface area contributed by atoms with E-state index >= 15 is 0 Å². The highest BCUT2D eigenvalue weighted by molar-refractivity contribution is 5.85. The molecule has 0 spiro atoms. The molecule has 1 unspecified atom stereocenters. The lowest BCUT2D eigenvalue weighted by Crippen LogP contribution is -2.24. The van der Waals surface area contributed by atoms with Gasteiger partial charge in [0.05, 0.1) is 24.3 Å². The van der Waals surface area contributed by atoms with Crippen LogP contribution < -0.4 is 5.32 Å². The lowest BCUT2D eigenvalue weighted by molar-refractivity contribution is 0.0727. The summed E-state index contributed by atoms with van der Waals surface area (Å²) in [5.41, 5.74) is 0.753. The second-order valence-electron chi connectivity index (χ2n) is 3.72. The van der Waals surface area contributed by atoms with Gasteiger partial charge in [-0.05, 0) is 0 Å². The number of fused-ring (bicyclic) bond motifs is 1. The van der Waals surface area contributed by atoms with Gasteiger partial charge in [-0.25, -0.2) is 9.97 Å². The molecule has 0 aliphatic carbocycles. The van der Waals surface area contributed by atoms with E-state index in [1.807, 2.05) is 7.05 Å². The Morgan fingerprint density at radius 3 is 3.12 bits per heavy atom. The number of anilines is 1. The fraction of sp³-hybridized carbons (Fsp3) is 0.500. The maximum Gasteiger partial charge on any atom is 0.163 e. The van der Waals surface area contributed by atoms with Gasteiger partial charge in [0.15, 0.2) is 5.65 Å². The van der Waals surface area contributed by atoms with Crippen molar-refractivity contribution in [2.75, 3.05) is 25.6 Å². The van der Waals surface area contributed by atoms with Crippen LogP contribution >= 0.6 is 0 Å². The molecule has 0 saturated carbocycles. The van der Waals surface area contributed by atoms with Crippen LogP contribution in [0.4, 0.5) is 5.82 Å². The summed E-state index contributed by atoms with van der Waals surface area (Å²) in [6, 6.07) is 0.